The fourth-order valence-electron chi connectivity index (χ4n) is 6.16. The Morgan fingerprint density at radius 3 is 2.43 bits per heavy atom. The topological polar surface area (TPSA) is 57.6 Å². The van der Waals surface area contributed by atoms with Crippen molar-refractivity contribution in [3.8, 4) is 11.1 Å². The van der Waals surface area contributed by atoms with Crippen LogP contribution in [-0.4, -0.2) is 27.6 Å². The van der Waals surface area contributed by atoms with Crippen molar-refractivity contribution < 1.29 is 14.1 Å². The first-order chi connectivity index (χ1) is 17.8. The molecule has 0 spiro atoms. The number of rotatable bonds is 4. The summed E-state index contributed by atoms with van der Waals surface area (Å²) in [5, 5.41) is 10.1. The number of benzene rings is 3. The van der Waals surface area contributed by atoms with Crippen molar-refractivity contribution in [3.05, 3.63) is 76.8 Å². The van der Waals surface area contributed by atoms with E-state index < -0.39 is 16.8 Å². The minimum absolute atomic E-state index is 0.208. The molecule has 1 N–H and O–H groups in total. The molecule has 2 unspecified atom stereocenters. The molecule has 1 heterocycles. The molecule has 6 heteroatoms. The van der Waals surface area contributed by atoms with Crippen molar-refractivity contribution in [3.63, 3.8) is 0 Å². The molecule has 5 rings (SSSR count). The van der Waals surface area contributed by atoms with Gasteiger partial charge >= 0.3 is 5.97 Å². The minimum Gasteiger partial charge on any atom is -0.478 e. The Kier molecular flexibility index (Phi) is 7.73. The molecule has 0 radical (unpaired) electrons. The SMILES string of the molecule is Cc1ccc(C(=O)O)cc1-c1cc2c(cc1Cl)N(c1ccccc1)C[C@@H](C1CCCCC1)C(C)CS2=O. The molecule has 0 bridgehead atoms. The van der Waals surface area contributed by atoms with E-state index in [1.807, 2.05) is 37.3 Å². The Labute approximate surface area is 227 Å². The highest BCUT2D eigenvalue weighted by atomic mass is 35.5. The number of hydrogen-bond acceptors (Lipinski definition) is 3. The molecule has 1 saturated carbocycles. The second-order valence-electron chi connectivity index (χ2n) is 10.6. The zero-order chi connectivity index (χ0) is 26.1. The minimum atomic E-state index is -1.22. The third kappa shape index (κ3) is 5.35. The second kappa shape index (κ2) is 11.0. The van der Waals surface area contributed by atoms with Crippen LogP contribution in [0.3, 0.4) is 0 Å². The van der Waals surface area contributed by atoms with Gasteiger partial charge < -0.3 is 10.0 Å². The quantitative estimate of drug-likeness (QED) is 0.366. The molecular formula is C31H34ClNO3S. The zero-order valence-electron chi connectivity index (χ0n) is 21.5. The molecular weight excluding hydrogens is 502 g/mol. The Bertz CT molecular complexity index is 1320. The number of carboxylic acids is 1. The van der Waals surface area contributed by atoms with Gasteiger partial charge in [-0.15, -0.1) is 0 Å². The molecule has 3 atom stereocenters. The van der Waals surface area contributed by atoms with E-state index in [-0.39, 0.29) is 5.56 Å². The Balaban J connectivity index is 1.66. The van der Waals surface area contributed by atoms with E-state index in [2.05, 4.69) is 24.0 Å². The number of aromatic carboxylic acids is 1. The Morgan fingerprint density at radius 1 is 1.00 bits per heavy atom. The van der Waals surface area contributed by atoms with Crippen molar-refractivity contribution in [2.75, 3.05) is 17.2 Å². The van der Waals surface area contributed by atoms with E-state index in [4.69, 9.17) is 11.6 Å². The lowest BCUT2D eigenvalue weighted by atomic mass is 9.74. The van der Waals surface area contributed by atoms with Gasteiger partial charge in [0.25, 0.3) is 0 Å². The van der Waals surface area contributed by atoms with Crippen LogP contribution in [0.4, 0.5) is 11.4 Å². The molecule has 0 saturated heterocycles. The van der Waals surface area contributed by atoms with Crippen LogP contribution in [0, 0.1) is 24.7 Å². The lowest BCUT2D eigenvalue weighted by molar-refractivity contribution is 0.0697. The van der Waals surface area contributed by atoms with Crippen LogP contribution in [-0.2, 0) is 10.8 Å². The summed E-state index contributed by atoms with van der Waals surface area (Å²) < 4.78 is 14.0. The number of carboxylic acid groups (broad SMARTS) is 1. The number of aryl methyl sites for hydroxylation is 1. The first kappa shape index (κ1) is 26.0. The Morgan fingerprint density at radius 2 is 1.73 bits per heavy atom. The fourth-order valence-corrected chi connectivity index (χ4v) is 7.97. The largest absolute Gasteiger partial charge is 0.478 e. The smallest absolute Gasteiger partial charge is 0.335 e. The van der Waals surface area contributed by atoms with Gasteiger partial charge in [-0.25, -0.2) is 4.79 Å². The molecule has 2 aliphatic rings. The molecule has 4 nitrogen and oxygen atoms in total. The van der Waals surface area contributed by atoms with Crippen molar-refractivity contribution >= 4 is 39.7 Å². The predicted octanol–water partition coefficient (Wildman–Crippen LogP) is 8.11. The molecule has 1 fully saturated rings. The number of nitrogens with zero attached hydrogens (tertiary/aromatic N) is 1. The van der Waals surface area contributed by atoms with Gasteiger partial charge in [0.2, 0.25) is 0 Å². The fraction of sp³-hybridized carbons (Fsp3) is 0.387. The van der Waals surface area contributed by atoms with E-state index in [0.29, 0.717) is 28.5 Å². The van der Waals surface area contributed by atoms with Crippen LogP contribution >= 0.6 is 11.6 Å². The molecule has 1 aliphatic heterocycles. The first-order valence-electron chi connectivity index (χ1n) is 13.2. The van der Waals surface area contributed by atoms with E-state index in [0.717, 1.165) is 39.5 Å². The molecule has 0 amide bonds. The summed E-state index contributed by atoms with van der Waals surface area (Å²) in [4.78, 5) is 14.7. The average molecular weight is 536 g/mol. The summed E-state index contributed by atoms with van der Waals surface area (Å²) in [7, 11) is -1.22. The summed E-state index contributed by atoms with van der Waals surface area (Å²) in [5.41, 5.74) is 4.57. The van der Waals surface area contributed by atoms with E-state index in [9.17, 15) is 14.1 Å². The predicted molar refractivity (Wildman–Crippen MR) is 153 cm³/mol. The maximum absolute atomic E-state index is 14.0. The van der Waals surface area contributed by atoms with Gasteiger partial charge in [-0.05, 0) is 72.2 Å². The highest BCUT2D eigenvalue weighted by molar-refractivity contribution is 7.85. The normalized spacial score (nSPS) is 22.7. The molecule has 37 heavy (non-hydrogen) atoms. The van der Waals surface area contributed by atoms with Crippen molar-refractivity contribution in [1.29, 1.82) is 0 Å². The van der Waals surface area contributed by atoms with Gasteiger partial charge in [-0.3, -0.25) is 4.21 Å². The number of fused-ring (bicyclic) bond motifs is 1. The second-order valence-corrected chi connectivity index (χ2v) is 12.5. The summed E-state index contributed by atoms with van der Waals surface area (Å²) in [5.74, 6) is 1.05. The van der Waals surface area contributed by atoms with Crippen LogP contribution in [0.15, 0.2) is 65.6 Å². The van der Waals surface area contributed by atoms with E-state index in [1.54, 1.807) is 18.2 Å². The van der Waals surface area contributed by atoms with Crippen molar-refractivity contribution in [1.82, 2.24) is 0 Å². The zero-order valence-corrected chi connectivity index (χ0v) is 23.0. The lowest BCUT2D eigenvalue weighted by Gasteiger charge is -2.41. The van der Waals surface area contributed by atoms with Gasteiger partial charge in [0, 0.05) is 23.5 Å². The molecule has 194 valence electrons. The first-order valence-corrected chi connectivity index (χ1v) is 14.9. The maximum Gasteiger partial charge on any atom is 0.335 e. The summed E-state index contributed by atoms with van der Waals surface area (Å²) >= 11 is 6.93. The van der Waals surface area contributed by atoms with E-state index in [1.165, 1.54) is 32.1 Å². The van der Waals surface area contributed by atoms with Crippen LogP contribution in [0.2, 0.25) is 5.02 Å². The third-order valence-corrected chi connectivity index (χ3v) is 10.2. The summed E-state index contributed by atoms with van der Waals surface area (Å²) in [6.45, 7) is 5.07. The third-order valence-electron chi connectivity index (χ3n) is 8.22. The Hall–Kier alpha value is -2.63. The summed E-state index contributed by atoms with van der Waals surface area (Å²) in [6, 6.07) is 19.3. The van der Waals surface area contributed by atoms with Crippen LogP contribution < -0.4 is 4.90 Å². The molecule has 3 aromatic carbocycles. The van der Waals surface area contributed by atoms with E-state index >= 15 is 0 Å². The number of hydrogen-bond donors (Lipinski definition) is 1. The highest BCUT2D eigenvalue weighted by Gasteiger charge is 2.35. The number of halogens is 1. The lowest BCUT2D eigenvalue weighted by Crippen LogP contribution is -2.38. The van der Waals surface area contributed by atoms with Gasteiger partial charge in [0.05, 0.1) is 32.0 Å². The standard InChI is InChI=1S/C31H34ClNO3S/c1-20-13-14-23(31(34)35)15-25(20)26-16-30-29(17-28(26)32)33(24-11-7-4-8-12-24)18-27(21(2)19-37(30)36)22-9-5-3-6-10-22/h4,7-8,11-17,21-22,27H,3,5-6,9-10,18-19H2,1-2H3,(H,34,35)/t21?,27-,37?/m1/s1. The summed E-state index contributed by atoms with van der Waals surface area (Å²) in [6.07, 6.45) is 6.37. The number of anilines is 2. The highest BCUT2D eigenvalue weighted by Crippen LogP contribution is 2.44. The van der Waals surface area contributed by atoms with Crippen LogP contribution in [0.5, 0.6) is 0 Å². The molecule has 1 aliphatic carbocycles. The number of para-hydroxylation sites is 1. The van der Waals surface area contributed by atoms with Crippen LogP contribution in [0.25, 0.3) is 11.1 Å². The van der Waals surface area contributed by atoms with Gasteiger partial charge in [0.1, 0.15) is 0 Å². The van der Waals surface area contributed by atoms with Gasteiger partial charge in [-0.2, -0.15) is 0 Å². The van der Waals surface area contributed by atoms with Gasteiger partial charge in [-0.1, -0.05) is 74.9 Å². The number of carbonyl (C=O) groups is 1. The van der Waals surface area contributed by atoms with Crippen molar-refractivity contribution in [2.45, 2.75) is 50.8 Å². The average Bonchev–Trinajstić information content (AvgIpc) is 2.90. The van der Waals surface area contributed by atoms with Crippen LogP contribution in [0.1, 0.15) is 54.9 Å². The molecule has 3 aromatic rings. The molecule has 0 aromatic heterocycles. The van der Waals surface area contributed by atoms with Crippen molar-refractivity contribution in [2.24, 2.45) is 17.8 Å². The monoisotopic (exact) mass is 535 g/mol. The maximum atomic E-state index is 14.0. The van der Waals surface area contributed by atoms with Gasteiger partial charge in [0.15, 0.2) is 0 Å².